The van der Waals surface area contributed by atoms with Gasteiger partial charge < -0.3 is 10.5 Å². The maximum absolute atomic E-state index is 5.64. The summed E-state index contributed by atoms with van der Waals surface area (Å²) in [5, 5.41) is 0. The Bertz CT molecular complexity index is 164. The van der Waals surface area contributed by atoms with Gasteiger partial charge in [0.25, 0.3) is 0 Å². The summed E-state index contributed by atoms with van der Waals surface area (Å²) in [5.41, 5.74) is 5.64. The second kappa shape index (κ2) is 7.20. The number of nitrogens with zero attached hydrogens (tertiary/aromatic N) is 1. The topological polar surface area (TPSA) is 38.5 Å². The van der Waals surface area contributed by atoms with Crippen LogP contribution < -0.4 is 5.73 Å². The number of morpholine rings is 1. The molecule has 0 saturated carbocycles. The van der Waals surface area contributed by atoms with Crippen molar-refractivity contribution in [3.05, 3.63) is 0 Å². The molecule has 0 bridgehead atoms. The third-order valence-electron chi connectivity index (χ3n) is 3.20. The van der Waals surface area contributed by atoms with Gasteiger partial charge >= 0.3 is 0 Å². The first-order chi connectivity index (χ1) is 7.27. The van der Waals surface area contributed by atoms with Gasteiger partial charge in [0.15, 0.2) is 0 Å². The minimum atomic E-state index is 0.257. The van der Waals surface area contributed by atoms with Crippen LogP contribution in [0.15, 0.2) is 0 Å². The second-order valence-electron chi connectivity index (χ2n) is 4.60. The van der Waals surface area contributed by atoms with E-state index in [1.807, 2.05) is 0 Å². The third-order valence-corrected chi connectivity index (χ3v) is 3.20. The summed E-state index contributed by atoms with van der Waals surface area (Å²) < 4.78 is 5.63. The molecule has 2 unspecified atom stereocenters. The molecule has 1 aliphatic rings. The standard InChI is InChI=1S/C12H26N2O/c1-3-4-5-6-7-14-9-12(8-13)15-10-11(14)2/h11-12H,3-10,13H2,1-2H3. The van der Waals surface area contributed by atoms with Crippen LogP contribution in [0.5, 0.6) is 0 Å². The molecular formula is C12H26N2O. The van der Waals surface area contributed by atoms with Crippen LogP contribution in [0.2, 0.25) is 0 Å². The first-order valence-electron chi connectivity index (χ1n) is 6.33. The molecule has 0 radical (unpaired) electrons. The summed E-state index contributed by atoms with van der Waals surface area (Å²) >= 11 is 0. The SMILES string of the molecule is CCCCCCN1CC(CN)OCC1C. The Morgan fingerprint density at radius 3 is 2.80 bits per heavy atom. The van der Waals surface area contributed by atoms with Crippen LogP contribution in [0.1, 0.15) is 39.5 Å². The van der Waals surface area contributed by atoms with E-state index in [0.29, 0.717) is 12.6 Å². The molecule has 2 N–H and O–H groups in total. The number of rotatable bonds is 6. The molecule has 2 atom stereocenters. The largest absolute Gasteiger partial charge is 0.374 e. The quantitative estimate of drug-likeness (QED) is 0.683. The second-order valence-corrected chi connectivity index (χ2v) is 4.60. The predicted octanol–water partition coefficient (Wildman–Crippen LogP) is 1.61. The first-order valence-corrected chi connectivity index (χ1v) is 6.33. The fourth-order valence-electron chi connectivity index (χ4n) is 2.07. The van der Waals surface area contributed by atoms with Gasteiger partial charge in [-0.1, -0.05) is 26.2 Å². The van der Waals surface area contributed by atoms with Crippen molar-refractivity contribution >= 4 is 0 Å². The van der Waals surface area contributed by atoms with Crippen LogP contribution in [-0.4, -0.2) is 43.3 Å². The molecule has 1 fully saturated rings. The maximum Gasteiger partial charge on any atom is 0.0824 e. The van der Waals surface area contributed by atoms with Gasteiger partial charge in [0.05, 0.1) is 12.7 Å². The van der Waals surface area contributed by atoms with Gasteiger partial charge in [-0.05, 0) is 19.9 Å². The Balaban J connectivity index is 2.19. The summed E-state index contributed by atoms with van der Waals surface area (Å²) in [4.78, 5) is 2.52. The average molecular weight is 214 g/mol. The van der Waals surface area contributed by atoms with Crippen LogP contribution >= 0.6 is 0 Å². The van der Waals surface area contributed by atoms with E-state index >= 15 is 0 Å². The zero-order valence-corrected chi connectivity index (χ0v) is 10.2. The smallest absolute Gasteiger partial charge is 0.0824 e. The van der Waals surface area contributed by atoms with E-state index in [-0.39, 0.29) is 6.10 Å². The summed E-state index contributed by atoms with van der Waals surface area (Å²) in [7, 11) is 0. The van der Waals surface area contributed by atoms with Crippen molar-refractivity contribution in [3.63, 3.8) is 0 Å². The van der Waals surface area contributed by atoms with Crippen molar-refractivity contribution in [3.8, 4) is 0 Å². The molecular weight excluding hydrogens is 188 g/mol. The van der Waals surface area contributed by atoms with E-state index in [4.69, 9.17) is 10.5 Å². The molecule has 0 spiro atoms. The lowest BCUT2D eigenvalue weighted by Gasteiger charge is -2.37. The highest BCUT2D eigenvalue weighted by Crippen LogP contribution is 2.12. The van der Waals surface area contributed by atoms with Gasteiger partial charge in [0, 0.05) is 19.1 Å². The van der Waals surface area contributed by atoms with E-state index in [0.717, 1.165) is 13.2 Å². The Labute approximate surface area is 94.0 Å². The van der Waals surface area contributed by atoms with Crippen LogP contribution in [0.4, 0.5) is 0 Å². The molecule has 3 heteroatoms. The van der Waals surface area contributed by atoms with Crippen LogP contribution in [0.25, 0.3) is 0 Å². The third kappa shape index (κ3) is 4.49. The zero-order valence-electron chi connectivity index (χ0n) is 10.2. The van der Waals surface area contributed by atoms with Crippen molar-refractivity contribution in [2.75, 3.05) is 26.2 Å². The van der Waals surface area contributed by atoms with E-state index in [1.54, 1.807) is 0 Å². The number of nitrogens with two attached hydrogens (primary N) is 1. The van der Waals surface area contributed by atoms with Crippen molar-refractivity contribution in [2.24, 2.45) is 5.73 Å². The Morgan fingerprint density at radius 1 is 1.33 bits per heavy atom. The lowest BCUT2D eigenvalue weighted by molar-refractivity contribution is -0.0537. The van der Waals surface area contributed by atoms with Gasteiger partial charge in [-0.25, -0.2) is 0 Å². The molecule has 1 aliphatic heterocycles. The lowest BCUT2D eigenvalue weighted by atomic mass is 10.1. The van der Waals surface area contributed by atoms with Gasteiger partial charge in [-0.3, -0.25) is 4.90 Å². The molecule has 0 amide bonds. The van der Waals surface area contributed by atoms with Crippen LogP contribution in [-0.2, 0) is 4.74 Å². The van der Waals surface area contributed by atoms with Gasteiger partial charge in [0.1, 0.15) is 0 Å². The van der Waals surface area contributed by atoms with Crippen molar-refractivity contribution in [2.45, 2.75) is 51.7 Å². The van der Waals surface area contributed by atoms with Crippen LogP contribution in [0, 0.1) is 0 Å². The van der Waals surface area contributed by atoms with Gasteiger partial charge in [-0.2, -0.15) is 0 Å². The normalized spacial score (nSPS) is 28.2. The monoisotopic (exact) mass is 214 g/mol. The molecule has 15 heavy (non-hydrogen) atoms. The maximum atomic E-state index is 5.64. The van der Waals surface area contributed by atoms with E-state index < -0.39 is 0 Å². The minimum absolute atomic E-state index is 0.257. The summed E-state index contributed by atoms with van der Waals surface area (Å²) in [6.45, 7) is 8.22. The molecule has 3 nitrogen and oxygen atoms in total. The molecule has 0 aromatic heterocycles. The fraction of sp³-hybridized carbons (Fsp3) is 1.00. The Hall–Kier alpha value is -0.120. The zero-order chi connectivity index (χ0) is 11.1. The average Bonchev–Trinajstić information content (AvgIpc) is 2.26. The molecule has 0 aliphatic carbocycles. The van der Waals surface area contributed by atoms with Gasteiger partial charge in [-0.15, -0.1) is 0 Å². The fourth-order valence-corrected chi connectivity index (χ4v) is 2.07. The number of hydrogen-bond donors (Lipinski definition) is 1. The highest BCUT2D eigenvalue weighted by molar-refractivity contribution is 4.77. The number of hydrogen-bond acceptors (Lipinski definition) is 3. The molecule has 0 aromatic carbocycles. The van der Waals surface area contributed by atoms with E-state index in [2.05, 4.69) is 18.7 Å². The van der Waals surface area contributed by atoms with Crippen molar-refractivity contribution in [1.29, 1.82) is 0 Å². The number of ether oxygens (including phenoxy) is 1. The Kier molecular flexibility index (Phi) is 6.22. The molecule has 1 rings (SSSR count). The lowest BCUT2D eigenvalue weighted by Crippen LogP contribution is -2.50. The number of unbranched alkanes of at least 4 members (excludes halogenated alkanes) is 3. The predicted molar refractivity (Wildman–Crippen MR) is 64.0 cm³/mol. The van der Waals surface area contributed by atoms with E-state index in [9.17, 15) is 0 Å². The van der Waals surface area contributed by atoms with Crippen molar-refractivity contribution < 1.29 is 4.74 Å². The minimum Gasteiger partial charge on any atom is -0.374 e. The van der Waals surface area contributed by atoms with Crippen molar-refractivity contribution in [1.82, 2.24) is 4.90 Å². The molecule has 1 heterocycles. The highest BCUT2D eigenvalue weighted by atomic mass is 16.5. The summed E-state index contributed by atoms with van der Waals surface area (Å²) in [5.74, 6) is 0. The van der Waals surface area contributed by atoms with E-state index in [1.165, 1.54) is 32.2 Å². The summed E-state index contributed by atoms with van der Waals surface area (Å²) in [6.07, 6.45) is 5.60. The first kappa shape index (κ1) is 12.9. The highest BCUT2D eigenvalue weighted by Gasteiger charge is 2.24. The van der Waals surface area contributed by atoms with Gasteiger partial charge in [0.2, 0.25) is 0 Å². The molecule has 1 saturated heterocycles. The molecule has 90 valence electrons. The Morgan fingerprint density at radius 2 is 2.13 bits per heavy atom. The molecule has 0 aromatic rings. The summed E-state index contributed by atoms with van der Waals surface area (Å²) in [6, 6.07) is 0.564. The van der Waals surface area contributed by atoms with Crippen LogP contribution in [0.3, 0.4) is 0 Å².